The van der Waals surface area contributed by atoms with Crippen LogP contribution in [-0.2, 0) is 16.1 Å². The molecule has 2 heterocycles. The number of Topliss-reactive ketones (excluding diaryl/α,β-unsaturated/α-hetero) is 1. The van der Waals surface area contributed by atoms with E-state index in [1.165, 1.54) is 18.1 Å². The lowest BCUT2D eigenvalue weighted by molar-refractivity contribution is -0.139. The Hall–Kier alpha value is -4.27. The Kier molecular flexibility index (Phi) is 7.05. The highest BCUT2D eigenvalue weighted by atomic mass is 16.5. The number of aliphatic hydroxyl groups excluding tert-OH is 1. The maximum atomic E-state index is 13.2. The molecule has 2 aromatic carbocycles. The minimum atomic E-state index is -0.858. The third-order valence-electron chi connectivity index (χ3n) is 5.86. The highest BCUT2D eigenvalue weighted by Crippen LogP contribution is 2.42. The molecular formula is C26H27N3O6. The van der Waals surface area contributed by atoms with Crippen LogP contribution in [0.5, 0.6) is 17.2 Å². The minimum Gasteiger partial charge on any atom is -0.507 e. The number of nitrogens with zero attached hydrogens (tertiary/aromatic N) is 3. The lowest BCUT2D eigenvalue weighted by Gasteiger charge is -2.26. The Bertz CT molecular complexity index is 1250. The summed E-state index contributed by atoms with van der Waals surface area (Å²) in [5, 5.41) is 21.4. The molecule has 1 aliphatic rings. The standard InChI is InChI=1S/C26H27N3O6/c1-3-35-21-15-17(8-9-20(21)30)23-22(24(31)18-6-4-7-19(14-18)34-2)25(32)26(33)29(23)12-5-11-28-13-10-27-16-28/h4,6-10,13-16,23,30-31H,3,5,11-12H2,1-2H3. The number of benzene rings is 2. The van der Waals surface area contributed by atoms with Crippen molar-refractivity contribution in [2.45, 2.75) is 25.9 Å². The van der Waals surface area contributed by atoms with Crippen molar-refractivity contribution < 1.29 is 29.3 Å². The molecule has 1 aliphatic heterocycles. The number of phenols is 1. The van der Waals surface area contributed by atoms with Crippen LogP contribution in [0.15, 0.2) is 66.8 Å². The van der Waals surface area contributed by atoms with E-state index in [0.717, 1.165) is 0 Å². The number of hydrogen-bond acceptors (Lipinski definition) is 7. The van der Waals surface area contributed by atoms with E-state index in [1.807, 2.05) is 10.8 Å². The fourth-order valence-electron chi connectivity index (χ4n) is 4.20. The fraction of sp³-hybridized carbons (Fsp3) is 0.269. The second kappa shape index (κ2) is 10.3. The number of amides is 1. The summed E-state index contributed by atoms with van der Waals surface area (Å²) >= 11 is 0. The number of carbonyl (C=O) groups excluding carboxylic acids is 2. The molecule has 0 spiro atoms. The van der Waals surface area contributed by atoms with Gasteiger partial charge >= 0.3 is 0 Å². The molecular weight excluding hydrogens is 450 g/mol. The average Bonchev–Trinajstić information content (AvgIpc) is 3.47. The zero-order valence-electron chi connectivity index (χ0n) is 19.5. The van der Waals surface area contributed by atoms with E-state index in [9.17, 15) is 19.8 Å². The number of methoxy groups -OCH3 is 1. The average molecular weight is 478 g/mol. The van der Waals surface area contributed by atoms with Gasteiger partial charge in [0, 0.05) is 31.0 Å². The van der Waals surface area contributed by atoms with Crippen molar-refractivity contribution in [2.24, 2.45) is 0 Å². The summed E-state index contributed by atoms with van der Waals surface area (Å²) in [6.45, 7) is 2.99. The first-order chi connectivity index (χ1) is 16.9. The van der Waals surface area contributed by atoms with Gasteiger partial charge < -0.3 is 29.2 Å². The van der Waals surface area contributed by atoms with Crippen LogP contribution in [-0.4, -0.2) is 56.6 Å². The third-order valence-corrected chi connectivity index (χ3v) is 5.86. The maximum absolute atomic E-state index is 13.2. The van der Waals surface area contributed by atoms with Crippen LogP contribution in [0, 0.1) is 0 Å². The van der Waals surface area contributed by atoms with E-state index in [4.69, 9.17) is 9.47 Å². The zero-order chi connectivity index (χ0) is 24.9. The van der Waals surface area contributed by atoms with Crippen molar-refractivity contribution in [2.75, 3.05) is 20.3 Å². The summed E-state index contributed by atoms with van der Waals surface area (Å²) in [6, 6.07) is 10.5. The fourth-order valence-corrected chi connectivity index (χ4v) is 4.20. The molecule has 4 rings (SSSR count). The largest absolute Gasteiger partial charge is 0.507 e. The first-order valence-electron chi connectivity index (χ1n) is 11.3. The van der Waals surface area contributed by atoms with Crippen molar-refractivity contribution in [3.63, 3.8) is 0 Å². The molecule has 1 saturated heterocycles. The molecule has 0 radical (unpaired) electrons. The molecule has 3 aromatic rings. The summed E-state index contributed by atoms with van der Waals surface area (Å²) in [6.07, 6.45) is 5.74. The Labute approximate surface area is 202 Å². The van der Waals surface area contributed by atoms with Gasteiger partial charge in [0.05, 0.1) is 31.7 Å². The highest BCUT2D eigenvalue weighted by Gasteiger charge is 2.46. The Morgan fingerprint density at radius 3 is 2.69 bits per heavy atom. The number of imidazole rings is 1. The molecule has 1 fully saturated rings. The monoisotopic (exact) mass is 477 g/mol. The molecule has 9 nitrogen and oxygen atoms in total. The Morgan fingerprint density at radius 1 is 1.14 bits per heavy atom. The van der Waals surface area contributed by atoms with E-state index < -0.39 is 17.7 Å². The van der Waals surface area contributed by atoms with Crippen LogP contribution in [0.3, 0.4) is 0 Å². The molecule has 1 amide bonds. The van der Waals surface area contributed by atoms with Gasteiger partial charge in [-0.1, -0.05) is 18.2 Å². The quantitative estimate of drug-likeness (QED) is 0.275. The normalized spacial score (nSPS) is 17.1. The summed E-state index contributed by atoms with van der Waals surface area (Å²) in [7, 11) is 1.50. The van der Waals surface area contributed by atoms with Gasteiger partial charge in [0.1, 0.15) is 11.5 Å². The number of aromatic nitrogens is 2. The van der Waals surface area contributed by atoms with Gasteiger partial charge in [-0.05, 0) is 43.2 Å². The molecule has 1 unspecified atom stereocenters. The second-order valence-electron chi connectivity index (χ2n) is 8.04. The summed E-state index contributed by atoms with van der Waals surface area (Å²) in [5.41, 5.74) is 0.867. The van der Waals surface area contributed by atoms with Gasteiger partial charge in [-0.2, -0.15) is 0 Å². The van der Waals surface area contributed by atoms with Crippen molar-refractivity contribution in [3.8, 4) is 17.2 Å². The Morgan fingerprint density at radius 2 is 1.97 bits per heavy atom. The van der Waals surface area contributed by atoms with Gasteiger partial charge in [0.25, 0.3) is 11.7 Å². The topological polar surface area (TPSA) is 114 Å². The number of aromatic hydroxyl groups is 1. The number of ether oxygens (including phenoxy) is 2. The number of carbonyl (C=O) groups is 2. The maximum Gasteiger partial charge on any atom is 0.295 e. The predicted octanol–water partition coefficient (Wildman–Crippen LogP) is 3.51. The number of rotatable bonds is 9. The lowest BCUT2D eigenvalue weighted by atomic mass is 9.95. The van der Waals surface area contributed by atoms with Crippen molar-refractivity contribution in [3.05, 3.63) is 77.9 Å². The van der Waals surface area contributed by atoms with Gasteiger partial charge in [-0.15, -0.1) is 0 Å². The van der Waals surface area contributed by atoms with Gasteiger partial charge in [0.15, 0.2) is 11.5 Å². The third kappa shape index (κ3) is 4.84. The number of phenolic OH excluding ortho intramolecular Hbond substituents is 1. The lowest BCUT2D eigenvalue weighted by Crippen LogP contribution is -2.31. The van der Waals surface area contributed by atoms with Crippen LogP contribution in [0.1, 0.15) is 30.5 Å². The van der Waals surface area contributed by atoms with Crippen LogP contribution in [0.2, 0.25) is 0 Å². The van der Waals surface area contributed by atoms with E-state index in [1.54, 1.807) is 55.8 Å². The predicted molar refractivity (Wildman–Crippen MR) is 128 cm³/mol. The first kappa shape index (κ1) is 23.9. The summed E-state index contributed by atoms with van der Waals surface area (Å²) in [5.74, 6) is -1.09. The van der Waals surface area contributed by atoms with Crippen LogP contribution in [0.4, 0.5) is 0 Å². The molecule has 2 N–H and O–H groups in total. The molecule has 182 valence electrons. The van der Waals surface area contributed by atoms with Gasteiger partial charge in [-0.3, -0.25) is 9.59 Å². The van der Waals surface area contributed by atoms with Crippen LogP contribution in [0.25, 0.3) is 5.76 Å². The summed E-state index contributed by atoms with van der Waals surface area (Å²) < 4.78 is 12.7. The number of aliphatic hydroxyl groups is 1. The van der Waals surface area contributed by atoms with Gasteiger partial charge in [-0.25, -0.2) is 4.98 Å². The number of aryl methyl sites for hydroxylation is 1. The molecule has 9 heteroatoms. The van der Waals surface area contributed by atoms with Crippen LogP contribution >= 0.6 is 0 Å². The van der Waals surface area contributed by atoms with Gasteiger partial charge in [0.2, 0.25) is 0 Å². The van der Waals surface area contributed by atoms with E-state index in [-0.39, 0.29) is 29.4 Å². The van der Waals surface area contributed by atoms with E-state index in [2.05, 4.69) is 4.98 Å². The Balaban J connectivity index is 1.78. The minimum absolute atomic E-state index is 0.0287. The van der Waals surface area contributed by atoms with Crippen molar-refractivity contribution >= 4 is 17.4 Å². The van der Waals surface area contributed by atoms with Crippen LogP contribution < -0.4 is 9.47 Å². The SMILES string of the molecule is CCOc1cc(C2C(=C(O)c3cccc(OC)c3)C(=O)C(=O)N2CCCn2ccnc2)ccc1O. The molecule has 0 saturated carbocycles. The zero-order valence-corrected chi connectivity index (χ0v) is 19.5. The summed E-state index contributed by atoms with van der Waals surface area (Å²) in [4.78, 5) is 31.8. The van der Waals surface area contributed by atoms with Crippen molar-refractivity contribution in [1.29, 1.82) is 0 Å². The first-order valence-corrected chi connectivity index (χ1v) is 11.3. The second-order valence-corrected chi connectivity index (χ2v) is 8.04. The molecule has 0 bridgehead atoms. The number of likely N-dealkylation sites (tertiary alicyclic amines) is 1. The highest BCUT2D eigenvalue weighted by molar-refractivity contribution is 6.46. The molecule has 35 heavy (non-hydrogen) atoms. The molecule has 1 aromatic heterocycles. The number of hydrogen-bond donors (Lipinski definition) is 2. The van der Waals surface area contributed by atoms with E-state index >= 15 is 0 Å². The van der Waals surface area contributed by atoms with Crippen molar-refractivity contribution in [1.82, 2.24) is 14.5 Å². The van der Waals surface area contributed by atoms with E-state index in [0.29, 0.717) is 36.4 Å². The molecule has 0 aliphatic carbocycles. The molecule has 1 atom stereocenters. The smallest absolute Gasteiger partial charge is 0.295 e. The number of ketones is 1.